The molecule has 0 radical (unpaired) electrons. The van der Waals surface area contributed by atoms with E-state index in [0.717, 1.165) is 5.57 Å². The average molecular weight is 280 g/mol. The second-order valence-corrected chi connectivity index (χ2v) is 5.00. The zero-order chi connectivity index (χ0) is 15.3. The van der Waals surface area contributed by atoms with Crippen molar-refractivity contribution in [1.82, 2.24) is 0 Å². The molecule has 0 bridgehead atoms. The summed E-state index contributed by atoms with van der Waals surface area (Å²) in [4.78, 5) is 24.9. The van der Waals surface area contributed by atoms with Gasteiger partial charge in [0.25, 0.3) is 0 Å². The molecule has 1 aliphatic rings. The zero-order valence-corrected chi connectivity index (χ0v) is 12.8. The molecule has 0 aliphatic heterocycles. The molecule has 1 rings (SSSR count). The lowest BCUT2D eigenvalue weighted by atomic mass is 9.76. The monoisotopic (exact) mass is 280 g/mol. The fourth-order valence-corrected chi connectivity index (χ4v) is 3.00. The second-order valence-electron chi connectivity index (χ2n) is 5.00. The van der Waals surface area contributed by atoms with Crippen molar-refractivity contribution in [3.05, 3.63) is 24.3 Å². The average Bonchev–Trinajstić information content (AvgIpc) is 2.72. The molecular formula is C16H24O4. The molecule has 0 spiro atoms. The van der Waals surface area contributed by atoms with Gasteiger partial charge in [0, 0.05) is 5.92 Å². The van der Waals surface area contributed by atoms with Gasteiger partial charge in [-0.15, -0.1) is 6.58 Å². The van der Waals surface area contributed by atoms with Crippen LogP contribution in [0.15, 0.2) is 24.3 Å². The summed E-state index contributed by atoms with van der Waals surface area (Å²) < 4.78 is 10.3. The maximum atomic E-state index is 12.4. The van der Waals surface area contributed by atoms with Crippen LogP contribution in [0, 0.1) is 17.3 Å². The van der Waals surface area contributed by atoms with E-state index in [-0.39, 0.29) is 25.0 Å². The maximum Gasteiger partial charge on any atom is 0.324 e. The molecule has 2 atom stereocenters. The van der Waals surface area contributed by atoms with Gasteiger partial charge in [-0.05, 0) is 33.1 Å². The highest BCUT2D eigenvalue weighted by Crippen LogP contribution is 2.52. The van der Waals surface area contributed by atoms with E-state index in [1.807, 2.05) is 19.9 Å². The molecule has 0 saturated heterocycles. The molecule has 4 heteroatoms. The van der Waals surface area contributed by atoms with Crippen LogP contribution in [-0.4, -0.2) is 25.2 Å². The third-order valence-electron chi connectivity index (χ3n) is 4.13. The van der Waals surface area contributed by atoms with Crippen LogP contribution in [0.1, 0.15) is 34.1 Å². The third-order valence-corrected chi connectivity index (χ3v) is 4.13. The predicted molar refractivity (Wildman–Crippen MR) is 76.9 cm³/mol. The van der Waals surface area contributed by atoms with Gasteiger partial charge in [0.05, 0.1) is 13.2 Å². The summed E-state index contributed by atoms with van der Waals surface area (Å²) >= 11 is 0. The Morgan fingerprint density at radius 3 is 2.10 bits per heavy atom. The molecule has 1 fully saturated rings. The number of hydrogen-bond donors (Lipinski definition) is 0. The molecule has 0 unspecified atom stereocenters. The Kier molecular flexibility index (Phi) is 5.54. The van der Waals surface area contributed by atoms with E-state index >= 15 is 0 Å². The van der Waals surface area contributed by atoms with Crippen LogP contribution in [0.5, 0.6) is 0 Å². The van der Waals surface area contributed by atoms with E-state index in [0.29, 0.717) is 6.42 Å². The van der Waals surface area contributed by atoms with Gasteiger partial charge < -0.3 is 9.47 Å². The quantitative estimate of drug-likeness (QED) is 0.441. The minimum Gasteiger partial charge on any atom is -0.465 e. The highest BCUT2D eigenvalue weighted by Gasteiger charge is 2.60. The number of allylic oxidation sites excluding steroid dienone is 3. The van der Waals surface area contributed by atoms with Gasteiger partial charge >= 0.3 is 11.9 Å². The Bertz CT molecular complexity index is 404. The van der Waals surface area contributed by atoms with Gasteiger partial charge in [-0.2, -0.15) is 0 Å². The molecular weight excluding hydrogens is 256 g/mol. The van der Waals surface area contributed by atoms with E-state index in [1.54, 1.807) is 19.9 Å². The Hall–Kier alpha value is -1.58. The third kappa shape index (κ3) is 2.51. The van der Waals surface area contributed by atoms with Crippen molar-refractivity contribution in [2.24, 2.45) is 17.3 Å². The van der Waals surface area contributed by atoms with Gasteiger partial charge in [0.1, 0.15) is 0 Å². The molecule has 0 aromatic rings. The molecule has 112 valence electrons. The van der Waals surface area contributed by atoms with Crippen molar-refractivity contribution < 1.29 is 19.1 Å². The predicted octanol–water partition coefficient (Wildman–Crippen LogP) is 2.89. The van der Waals surface area contributed by atoms with Gasteiger partial charge in [0.15, 0.2) is 5.41 Å². The van der Waals surface area contributed by atoms with Crippen LogP contribution < -0.4 is 0 Å². The molecule has 20 heavy (non-hydrogen) atoms. The number of carbonyl (C=O) groups excluding carboxylic acids is 2. The lowest BCUT2D eigenvalue weighted by molar-refractivity contribution is -0.175. The summed E-state index contributed by atoms with van der Waals surface area (Å²) in [5, 5.41) is 0. The van der Waals surface area contributed by atoms with Gasteiger partial charge in [-0.1, -0.05) is 24.6 Å². The van der Waals surface area contributed by atoms with E-state index in [4.69, 9.17) is 9.47 Å². The number of carbonyl (C=O) groups is 2. The normalized spacial score (nSPS) is 26.3. The lowest BCUT2D eigenvalue weighted by Gasteiger charge is -2.29. The fourth-order valence-electron chi connectivity index (χ4n) is 3.00. The first kappa shape index (κ1) is 16.5. The Balaban J connectivity index is 3.28. The molecule has 0 aromatic heterocycles. The first-order valence-corrected chi connectivity index (χ1v) is 7.11. The largest absolute Gasteiger partial charge is 0.465 e. The van der Waals surface area contributed by atoms with Crippen molar-refractivity contribution in [1.29, 1.82) is 0 Å². The van der Waals surface area contributed by atoms with Crippen LogP contribution >= 0.6 is 0 Å². The van der Waals surface area contributed by atoms with Crippen molar-refractivity contribution in [2.45, 2.75) is 34.1 Å². The van der Waals surface area contributed by atoms with Crippen molar-refractivity contribution in [2.75, 3.05) is 13.2 Å². The van der Waals surface area contributed by atoms with E-state index in [1.165, 1.54) is 0 Å². The topological polar surface area (TPSA) is 52.6 Å². The van der Waals surface area contributed by atoms with Crippen molar-refractivity contribution >= 4 is 11.9 Å². The van der Waals surface area contributed by atoms with Gasteiger partial charge in [-0.25, -0.2) is 0 Å². The summed E-state index contributed by atoms with van der Waals surface area (Å²) in [6.07, 6.45) is 4.09. The van der Waals surface area contributed by atoms with Crippen LogP contribution in [0.4, 0.5) is 0 Å². The number of esters is 2. The number of ether oxygens (including phenoxy) is 2. The summed E-state index contributed by atoms with van der Waals surface area (Å²) in [5.41, 5.74) is -0.208. The summed E-state index contributed by atoms with van der Waals surface area (Å²) in [6.45, 7) is 11.6. The summed E-state index contributed by atoms with van der Waals surface area (Å²) in [6, 6.07) is 0. The second kappa shape index (κ2) is 6.73. The van der Waals surface area contributed by atoms with E-state index in [9.17, 15) is 9.59 Å². The standard InChI is InChI=1S/C16H24O4/c1-6-12-10-16(14(17)19-8-3,15(18)20-9-4)11(5)13(12)7-2/h6-7,11,13H,2,8-10H2,1,3-5H3/b12-6+/t11-,13-/m1/s1. The molecule has 0 amide bonds. The van der Waals surface area contributed by atoms with Crippen molar-refractivity contribution in [3.8, 4) is 0 Å². The Morgan fingerprint density at radius 1 is 1.30 bits per heavy atom. The van der Waals surface area contributed by atoms with E-state index in [2.05, 4.69) is 6.58 Å². The number of rotatable bonds is 5. The van der Waals surface area contributed by atoms with Crippen molar-refractivity contribution in [3.63, 3.8) is 0 Å². The molecule has 0 aromatic carbocycles. The highest BCUT2D eigenvalue weighted by atomic mass is 16.6. The Morgan fingerprint density at radius 2 is 1.80 bits per heavy atom. The van der Waals surface area contributed by atoms with Crippen LogP contribution in [0.2, 0.25) is 0 Å². The van der Waals surface area contributed by atoms with Crippen LogP contribution in [0.25, 0.3) is 0 Å². The smallest absolute Gasteiger partial charge is 0.324 e. The lowest BCUT2D eigenvalue weighted by Crippen LogP contribution is -2.45. The molecule has 4 nitrogen and oxygen atoms in total. The number of hydrogen-bond acceptors (Lipinski definition) is 4. The van der Waals surface area contributed by atoms with Gasteiger partial charge in [0.2, 0.25) is 0 Å². The van der Waals surface area contributed by atoms with E-state index < -0.39 is 17.4 Å². The van der Waals surface area contributed by atoms with Crippen LogP contribution in [0.3, 0.4) is 0 Å². The summed E-state index contributed by atoms with van der Waals surface area (Å²) in [5.74, 6) is -1.21. The highest BCUT2D eigenvalue weighted by molar-refractivity contribution is 6.01. The maximum absolute atomic E-state index is 12.4. The minimum atomic E-state index is -1.24. The zero-order valence-electron chi connectivity index (χ0n) is 12.8. The molecule has 0 heterocycles. The van der Waals surface area contributed by atoms with Crippen LogP contribution in [-0.2, 0) is 19.1 Å². The van der Waals surface area contributed by atoms with Gasteiger partial charge in [-0.3, -0.25) is 9.59 Å². The first-order valence-electron chi connectivity index (χ1n) is 7.11. The minimum absolute atomic E-state index is 0.00573. The SMILES string of the molecule is C=C[C@H]1/C(=C/C)CC(C(=O)OCC)(C(=O)OCC)[C@@H]1C. The molecule has 0 N–H and O–H groups in total. The Labute approximate surface area is 120 Å². The summed E-state index contributed by atoms with van der Waals surface area (Å²) in [7, 11) is 0. The fraction of sp³-hybridized carbons (Fsp3) is 0.625. The molecule has 1 aliphatic carbocycles. The molecule has 1 saturated carbocycles. The first-order chi connectivity index (χ1) is 9.49.